The molecule has 0 fully saturated rings. The van der Waals surface area contributed by atoms with Crippen LogP contribution in [0.2, 0.25) is 5.02 Å². The number of aromatic carboxylic acids is 1. The molecule has 1 heterocycles. The van der Waals surface area contributed by atoms with Gasteiger partial charge >= 0.3 is 5.97 Å². The lowest BCUT2D eigenvalue weighted by molar-refractivity contribution is 0.0697. The Hall–Kier alpha value is -3.31. The number of halogens is 1. The summed E-state index contributed by atoms with van der Waals surface area (Å²) in [7, 11) is 0. The average Bonchev–Trinajstić information content (AvgIpc) is 3.05. The minimum absolute atomic E-state index is 0.209. The molecule has 4 rings (SSSR count). The lowest BCUT2D eigenvalue weighted by Gasteiger charge is -2.06. The van der Waals surface area contributed by atoms with Crippen molar-refractivity contribution in [2.75, 3.05) is 0 Å². The number of nitrogens with one attached hydrogen (secondary N) is 1. The number of benzene rings is 3. The van der Waals surface area contributed by atoms with Gasteiger partial charge in [-0.15, -0.1) is 0 Å². The molecule has 0 saturated heterocycles. The Kier molecular flexibility index (Phi) is 4.07. The number of imidazole rings is 1. The first-order chi connectivity index (χ1) is 12.6. The fourth-order valence-electron chi connectivity index (χ4n) is 2.62. The number of carboxylic acid groups (broad SMARTS) is 1. The van der Waals surface area contributed by atoms with Crippen molar-refractivity contribution in [1.29, 1.82) is 0 Å². The topological polar surface area (TPSA) is 75.2 Å². The Morgan fingerprint density at radius 2 is 1.81 bits per heavy atom. The van der Waals surface area contributed by atoms with Gasteiger partial charge in [-0.3, -0.25) is 0 Å². The molecule has 0 saturated carbocycles. The first-order valence-electron chi connectivity index (χ1n) is 7.85. The van der Waals surface area contributed by atoms with Crippen LogP contribution < -0.4 is 4.74 Å². The molecule has 0 aliphatic heterocycles. The molecule has 4 aromatic rings. The van der Waals surface area contributed by atoms with Crippen LogP contribution in [0.25, 0.3) is 22.4 Å². The van der Waals surface area contributed by atoms with E-state index in [1.165, 1.54) is 0 Å². The molecular weight excluding hydrogens is 352 g/mol. The number of hydrogen-bond acceptors (Lipinski definition) is 3. The fraction of sp³-hybridized carbons (Fsp3) is 0. The van der Waals surface area contributed by atoms with Crippen molar-refractivity contribution in [1.82, 2.24) is 9.97 Å². The summed E-state index contributed by atoms with van der Waals surface area (Å²) >= 11 is 5.96. The van der Waals surface area contributed by atoms with E-state index in [0.29, 0.717) is 27.9 Å². The molecule has 0 spiro atoms. The van der Waals surface area contributed by atoms with E-state index in [-0.39, 0.29) is 5.56 Å². The van der Waals surface area contributed by atoms with E-state index in [9.17, 15) is 4.79 Å². The molecule has 0 amide bonds. The quantitative estimate of drug-likeness (QED) is 0.510. The van der Waals surface area contributed by atoms with E-state index in [1.54, 1.807) is 30.3 Å². The van der Waals surface area contributed by atoms with Crippen molar-refractivity contribution >= 4 is 28.6 Å². The van der Waals surface area contributed by atoms with Crippen molar-refractivity contribution in [3.63, 3.8) is 0 Å². The van der Waals surface area contributed by atoms with Gasteiger partial charge in [-0.25, -0.2) is 9.78 Å². The minimum atomic E-state index is -0.973. The monoisotopic (exact) mass is 364 g/mol. The summed E-state index contributed by atoms with van der Waals surface area (Å²) in [5.41, 5.74) is 2.47. The van der Waals surface area contributed by atoms with Crippen LogP contribution in [0.5, 0.6) is 11.5 Å². The van der Waals surface area contributed by atoms with Crippen LogP contribution in [-0.4, -0.2) is 21.0 Å². The highest BCUT2D eigenvalue weighted by molar-refractivity contribution is 6.30. The van der Waals surface area contributed by atoms with Crippen LogP contribution >= 0.6 is 11.6 Å². The molecule has 2 N–H and O–H groups in total. The maximum absolute atomic E-state index is 11.1. The van der Waals surface area contributed by atoms with E-state index >= 15 is 0 Å². The van der Waals surface area contributed by atoms with Crippen LogP contribution in [0.1, 0.15) is 10.4 Å². The van der Waals surface area contributed by atoms with E-state index in [4.69, 9.17) is 21.4 Å². The van der Waals surface area contributed by atoms with Crippen LogP contribution in [-0.2, 0) is 0 Å². The number of hydrogen-bond donors (Lipinski definition) is 2. The predicted octanol–water partition coefficient (Wildman–Crippen LogP) is 5.37. The lowest BCUT2D eigenvalue weighted by atomic mass is 10.2. The molecule has 0 unspecified atom stereocenters. The summed E-state index contributed by atoms with van der Waals surface area (Å²) < 4.78 is 5.77. The second-order valence-corrected chi connectivity index (χ2v) is 6.14. The summed E-state index contributed by atoms with van der Waals surface area (Å²) in [6, 6.07) is 19.5. The molecule has 0 radical (unpaired) electrons. The van der Waals surface area contributed by atoms with E-state index in [0.717, 1.165) is 11.1 Å². The minimum Gasteiger partial charge on any atom is -0.478 e. The SMILES string of the molecule is O=C(O)c1ccc2[nH]c(-c3ccc(Oc4cccc(Cl)c4)cc3)nc2c1. The summed E-state index contributed by atoms with van der Waals surface area (Å²) in [6.45, 7) is 0. The summed E-state index contributed by atoms with van der Waals surface area (Å²) in [6.07, 6.45) is 0. The van der Waals surface area contributed by atoms with Gasteiger partial charge in [0.25, 0.3) is 0 Å². The molecule has 5 nitrogen and oxygen atoms in total. The third kappa shape index (κ3) is 3.25. The number of aromatic amines is 1. The number of aromatic nitrogens is 2. The number of rotatable bonds is 4. The number of fused-ring (bicyclic) bond motifs is 1. The third-order valence-corrected chi connectivity index (χ3v) is 4.12. The number of carboxylic acids is 1. The van der Waals surface area contributed by atoms with Crippen LogP contribution in [0.4, 0.5) is 0 Å². The van der Waals surface area contributed by atoms with Crippen LogP contribution in [0, 0.1) is 0 Å². The Balaban J connectivity index is 1.60. The van der Waals surface area contributed by atoms with Crippen LogP contribution in [0.15, 0.2) is 66.7 Å². The molecule has 3 aromatic carbocycles. The van der Waals surface area contributed by atoms with Crippen molar-refractivity contribution in [3.05, 3.63) is 77.3 Å². The van der Waals surface area contributed by atoms with E-state index in [2.05, 4.69) is 9.97 Å². The lowest BCUT2D eigenvalue weighted by Crippen LogP contribution is -1.94. The Bertz CT molecular complexity index is 1100. The van der Waals surface area contributed by atoms with Crippen LogP contribution in [0.3, 0.4) is 0 Å². The van der Waals surface area contributed by atoms with Gasteiger partial charge in [0.1, 0.15) is 17.3 Å². The molecule has 1 aromatic heterocycles. The second-order valence-electron chi connectivity index (χ2n) is 5.71. The van der Waals surface area contributed by atoms with Crippen molar-refractivity contribution in [2.45, 2.75) is 0 Å². The van der Waals surface area contributed by atoms with Gasteiger partial charge in [0, 0.05) is 10.6 Å². The highest BCUT2D eigenvalue weighted by Gasteiger charge is 2.09. The normalized spacial score (nSPS) is 10.8. The maximum Gasteiger partial charge on any atom is 0.335 e. The fourth-order valence-corrected chi connectivity index (χ4v) is 2.80. The van der Waals surface area contributed by atoms with E-state index < -0.39 is 5.97 Å². The van der Waals surface area contributed by atoms with Gasteiger partial charge in [-0.1, -0.05) is 17.7 Å². The standard InChI is InChI=1S/C20H13ClN2O3/c21-14-2-1-3-16(11-14)26-15-7-4-12(5-8-15)19-22-17-9-6-13(20(24)25)10-18(17)23-19/h1-11H,(H,22,23)(H,24,25). The average molecular weight is 365 g/mol. The summed E-state index contributed by atoms with van der Waals surface area (Å²) in [5.74, 6) is 1.03. The Labute approximate surface area is 153 Å². The summed E-state index contributed by atoms with van der Waals surface area (Å²) in [4.78, 5) is 18.7. The molecule has 26 heavy (non-hydrogen) atoms. The number of nitrogens with zero attached hydrogens (tertiary/aromatic N) is 1. The van der Waals surface area contributed by atoms with Gasteiger partial charge in [0.05, 0.1) is 16.6 Å². The molecule has 6 heteroatoms. The first kappa shape index (κ1) is 16.2. The zero-order valence-electron chi connectivity index (χ0n) is 13.4. The first-order valence-corrected chi connectivity index (χ1v) is 8.23. The maximum atomic E-state index is 11.1. The highest BCUT2D eigenvalue weighted by Crippen LogP contribution is 2.27. The highest BCUT2D eigenvalue weighted by atomic mass is 35.5. The van der Waals surface area contributed by atoms with E-state index in [1.807, 2.05) is 36.4 Å². The van der Waals surface area contributed by atoms with Crippen molar-refractivity contribution < 1.29 is 14.6 Å². The Morgan fingerprint density at radius 3 is 2.54 bits per heavy atom. The van der Waals surface area contributed by atoms with Gasteiger partial charge in [0.15, 0.2) is 0 Å². The number of H-pyrrole nitrogens is 1. The predicted molar refractivity (Wildman–Crippen MR) is 100 cm³/mol. The zero-order chi connectivity index (χ0) is 18.1. The Morgan fingerprint density at radius 1 is 1.00 bits per heavy atom. The summed E-state index contributed by atoms with van der Waals surface area (Å²) in [5, 5.41) is 9.69. The number of ether oxygens (including phenoxy) is 1. The number of carbonyl (C=O) groups is 1. The zero-order valence-corrected chi connectivity index (χ0v) is 14.2. The van der Waals surface area contributed by atoms with Crippen molar-refractivity contribution in [3.8, 4) is 22.9 Å². The smallest absolute Gasteiger partial charge is 0.335 e. The largest absolute Gasteiger partial charge is 0.478 e. The van der Waals surface area contributed by atoms with Gasteiger partial charge < -0.3 is 14.8 Å². The van der Waals surface area contributed by atoms with Gasteiger partial charge in [-0.2, -0.15) is 0 Å². The van der Waals surface area contributed by atoms with Gasteiger partial charge in [-0.05, 0) is 60.7 Å². The molecule has 0 bridgehead atoms. The molecule has 0 aliphatic rings. The molecule has 0 aliphatic carbocycles. The van der Waals surface area contributed by atoms with Gasteiger partial charge in [0.2, 0.25) is 0 Å². The second kappa shape index (κ2) is 6.54. The molecular formula is C20H13ClN2O3. The molecule has 128 valence electrons. The molecule has 0 atom stereocenters. The van der Waals surface area contributed by atoms with Crippen molar-refractivity contribution in [2.24, 2.45) is 0 Å². The third-order valence-electron chi connectivity index (χ3n) is 3.89.